The Morgan fingerprint density at radius 2 is 2.09 bits per heavy atom. The normalized spacial score (nSPS) is 47.7. The first kappa shape index (κ1) is 7.28. The molecule has 1 heteroatoms. The Labute approximate surface area is 70.2 Å². The molecule has 0 nitrogen and oxygen atoms in total. The van der Waals surface area contributed by atoms with E-state index < -0.39 is 0 Å². The van der Waals surface area contributed by atoms with Gasteiger partial charge in [-0.25, -0.2) is 0 Å². The molecule has 58 valence electrons. The van der Waals surface area contributed by atoms with E-state index in [0.717, 1.165) is 24.7 Å². The molecule has 0 radical (unpaired) electrons. The molecule has 0 N–H and O–H groups in total. The van der Waals surface area contributed by atoms with Crippen LogP contribution in [0.4, 0.5) is 0 Å². The third-order valence-corrected chi connectivity index (χ3v) is 3.88. The van der Waals surface area contributed by atoms with Gasteiger partial charge in [-0.1, -0.05) is 12.2 Å². The van der Waals surface area contributed by atoms with E-state index in [0.29, 0.717) is 5.31 Å². The Balaban J connectivity index is 2.08. The maximum absolute atomic E-state index is 3.24. The van der Waals surface area contributed by atoms with Gasteiger partial charge in [0.2, 0.25) is 0 Å². The van der Waals surface area contributed by atoms with Gasteiger partial charge in [-0.15, -0.1) is 11.8 Å². The second kappa shape index (κ2) is 2.30. The van der Waals surface area contributed by atoms with Crippen molar-refractivity contribution in [3.05, 3.63) is 0 Å². The Morgan fingerprint density at radius 3 is 2.91 bits per heavy atom. The van der Waals surface area contributed by atoms with Gasteiger partial charge in [-0.3, -0.25) is 0 Å². The smallest absolute Gasteiger partial charge is 0.103 e. The summed E-state index contributed by atoms with van der Waals surface area (Å²) in [6.45, 7) is 2.40. The zero-order valence-electron chi connectivity index (χ0n) is 7.48. The SMILES string of the molecule is BC12CCC#CCCC1[C@H]2C. The minimum atomic E-state index is 0.676. The van der Waals surface area contributed by atoms with Gasteiger partial charge in [-0.2, -0.15) is 0 Å². The van der Waals surface area contributed by atoms with Crippen molar-refractivity contribution in [2.24, 2.45) is 11.8 Å². The minimum absolute atomic E-state index is 0.676. The number of rotatable bonds is 0. The van der Waals surface area contributed by atoms with Crippen molar-refractivity contribution in [1.82, 2.24) is 0 Å². The van der Waals surface area contributed by atoms with Gasteiger partial charge in [0.05, 0.1) is 0 Å². The molecule has 11 heavy (non-hydrogen) atoms. The summed E-state index contributed by atoms with van der Waals surface area (Å²) in [6, 6.07) is 0. The Kier molecular flexibility index (Phi) is 1.53. The van der Waals surface area contributed by atoms with Crippen molar-refractivity contribution in [2.75, 3.05) is 0 Å². The van der Waals surface area contributed by atoms with E-state index in [1.165, 1.54) is 12.8 Å². The molecule has 3 atom stereocenters. The van der Waals surface area contributed by atoms with E-state index in [2.05, 4.69) is 26.6 Å². The van der Waals surface area contributed by atoms with E-state index in [-0.39, 0.29) is 0 Å². The zero-order valence-corrected chi connectivity index (χ0v) is 7.48. The lowest BCUT2D eigenvalue weighted by atomic mass is 9.75. The first-order valence-electron chi connectivity index (χ1n) is 4.71. The molecule has 0 aromatic rings. The molecule has 0 amide bonds. The van der Waals surface area contributed by atoms with Crippen LogP contribution in [-0.2, 0) is 0 Å². The molecule has 0 aromatic heterocycles. The monoisotopic (exact) mass is 146 g/mol. The molecule has 2 aliphatic carbocycles. The van der Waals surface area contributed by atoms with Crippen LogP contribution in [0.25, 0.3) is 0 Å². The molecule has 0 bridgehead atoms. The van der Waals surface area contributed by atoms with Gasteiger partial charge in [0.1, 0.15) is 7.85 Å². The van der Waals surface area contributed by atoms with Crippen LogP contribution in [0.5, 0.6) is 0 Å². The van der Waals surface area contributed by atoms with Crippen molar-refractivity contribution < 1.29 is 0 Å². The molecule has 0 aliphatic heterocycles. The van der Waals surface area contributed by atoms with Gasteiger partial charge in [-0.05, 0) is 24.7 Å². The van der Waals surface area contributed by atoms with Gasteiger partial charge in [0.15, 0.2) is 0 Å². The van der Waals surface area contributed by atoms with Gasteiger partial charge < -0.3 is 0 Å². The largest absolute Gasteiger partial charge is 0.110 e. The second-order valence-corrected chi connectivity index (χ2v) is 4.29. The highest BCUT2D eigenvalue weighted by Crippen LogP contribution is 2.67. The first-order chi connectivity index (χ1) is 5.25. The third kappa shape index (κ3) is 1.00. The van der Waals surface area contributed by atoms with Crippen molar-refractivity contribution >= 4 is 7.85 Å². The standard InChI is InChI=1S/C10H15B/c1-8-9-6-4-2-3-5-7-10(8,9)11/h8-9H,4-7,11H2,1H3/t8-,9?,10?/m1/s1. The lowest BCUT2D eigenvalue weighted by Gasteiger charge is -2.09. The van der Waals surface area contributed by atoms with Gasteiger partial charge in [0, 0.05) is 12.8 Å². The topological polar surface area (TPSA) is 0 Å². The summed E-state index contributed by atoms with van der Waals surface area (Å²) in [4.78, 5) is 0. The molecule has 1 fully saturated rings. The second-order valence-electron chi connectivity index (χ2n) is 4.29. The van der Waals surface area contributed by atoms with E-state index in [4.69, 9.17) is 0 Å². The fourth-order valence-corrected chi connectivity index (χ4v) is 2.64. The van der Waals surface area contributed by atoms with E-state index in [1.807, 2.05) is 0 Å². The number of hydrogen-bond donors (Lipinski definition) is 0. The summed E-state index contributed by atoms with van der Waals surface area (Å²) in [5.41, 5.74) is 0. The van der Waals surface area contributed by atoms with Crippen molar-refractivity contribution in [3.63, 3.8) is 0 Å². The fraction of sp³-hybridized carbons (Fsp3) is 0.800. The van der Waals surface area contributed by atoms with Crippen LogP contribution in [0.3, 0.4) is 0 Å². The number of fused-ring (bicyclic) bond motifs is 1. The molecular weight excluding hydrogens is 131 g/mol. The molecule has 1 saturated carbocycles. The van der Waals surface area contributed by atoms with Crippen molar-refractivity contribution in [2.45, 2.75) is 37.9 Å². The van der Waals surface area contributed by atoms with E-state index >= 15 is 0 Å². The summed E-state index contributed by atoms with van der Waals surface area (Å²) >= 11 is 0. The highest BCUT2D eigenvalue weighted by molar-refractivity contribution is 6.18. The Bertz CT molecular complexity index is 223. The predicted octanol–water partition coefficient (Wildman–Crippen LogP) is 1.62. The first-order valence-corrected chi connectivity index (χ1v) is 4.71. The Hall–Kier alpha value is -0.375. The summed E-state index contributed by atoms with van der Waals surface area (Å²) in [7, 11) is 2.44. The average molecular weight is 146 g/mol. The molecular formula is C10H15B. The predicted molar refractivity (Wildman–Crippen MR) is 50.1 cm³/mol. The van der Waals surface area contributed by atoms with Gasteiger partial charge in [0.25, 0.3) is 0 Å². The maximum Gasteiger partial charge on any atom is 0.110 e. The lowest BCUT2D eigenvalue weighted by Crippen LogP contribution is -1.97. The van der Waals surface area contributed by atoms with Crippen LogP contribution in [0.15, 0.2) is 0 Å². The number of hydrogen-bond acceptors (Lipinski definition) is 0. The molecule has 2 unspecified atom stereocenters. The summed E-state index contributed by atoms with van der Waals surface area (Å²) < 4.78 is 0. The Morgan fingerprint density at radius 1 is 1.36 bits per heavy atom. The quantitative estimate of drug-likeness (QED) is 0.360. The van der Waals surface area contributed by atoms with Crippen LogP contribution >= 0.6 is 0 Å². The van der Waals surface area contributed by atoms with Crippen LogP contribution in [0, 0.1) is 23.7 Å². The molecule has 0 heterocycles. The third-order valence-electron chi connectivity index (χ3n) is 3.88. The molecule has 0 saturated heterocycles. The summed E-state index contributed by atoms with van der Waals surface area (Å²) in [5, 5.41) is 0.676. The van der Waals surface area contributed by atoms with Gasteiger partial charge >= 0.3 is 0 Å². The molecule has 2 rings (SSSR count). The lowest BCUT2D eigenvalue weighted by molar-refractivity contribution is 0.633. The van der Waals surface area contributed by atoms with Crippen LogP contribution in [0.2, 0.25) is 5.31 Å². The summed E-state index contributed by atoms with van der Waals surface area (Å²) in [6.07, 6.45) is 4.97. The van der Waals surface area contributed by atoms with Crippen LogP contribution < -0.4 is 0 Å². The highest BCUT2D eigenvalue weighted by Gasteiger charge is 2.56. The molecule has 0 aromatic carbocycles. The minimum Gasteiger partial charge on any atom is -0.103 e. The molecule has 2 aliphatic rings. The zero-order chi connectivity index (χ0) is 7.90. The fourth-order valence-electron chi connectivity index (χ4n) is 2.64. The van der Waals surface area contributed by atoms with E-state index in [1.54, 1.807) is 0 Å². The van der Waals surface area contributed by atoms with E-state index in [9.17, 15) is 0 Å². The van der Waals surface area contributed by atoms with Crippen LogP contribution in [0.1, 0.15) is 32.6 Å². The average Bonchev–Trinajstić information content (AvgIpc) is 2.40. The van der Waals surface area contributed by atoms with Crippen molar-refractivity contribution in [1.29, 1.82) is 0 Å². The highest BCUT2D eigenvalue weighted by atomic mass is 14.6. The van der Waals surface area contributed by atoms with Crippen LogP contribution in [-0.4, -0.2) is 7.85 Å². The maximum atomic E-state index is 3.24. The van der Waals surface area contributed by atoms with Crippen molar-refractivity contribution in [3.8, 4) is 11.8 Å². The summed E-state index contributed by atoms with van der Waals surface area (Å²) in [5.74, 6) is 8.43. The molecule has 0 spiro atoms.